The van der Waals surface area contributed by atoms with Gasteiger partial charge in [0.1, 0.15) is 12.4 Å². The van der Waals surface area contributed by atoms with Gasteiger partial charge >= 0.3 is 0 Å². The predicted molar refractivity (Wildman–Crippen MR) is 105 cm³/mol. The first-order valence-corrected chi connectivity index (χ1v) is 9.80. The lowest BCUT2D eigenvalue weighted by Crippen LogP contribution is -2.29. The lowest BCUT2D eigenvalue weighted by Gasteiger charge is -2.21. The van der Waals surface area contributed by atoms with Gasteiger partial charge in [0, 0.05) is 12.6 Å². The Morgan fingerprint density at radius 3 is 2.08 bits per heavy atom. The molecule has 1 fully saturated rings. The highest BCUT2D eigenvalue weighted by Crippen LogP contribution is 2.18. The SMILES string of the molecule is Cc1ccc(COc2ccc(CNC3CCCCCCC3)cc2)cc1. The average Bonchev–Trinajstić information content (AvgIpc) is 2.61. The van der Waals surface area contributed by atoms with Crippen LogP contribution in [0, 0.1) is 6.92 Å². The van der Waals surface area contributed by atoms with Gasteiger partial charge in [-0.15, -0.1) is 0 Å². The topological polar surface area (TPSA) is 21.3 Å². The predicted octanol–water partition coefficient (Wildman–Crippen LogP) is 5.78. The summed E-state index contributed by atoms with van der Waals surface area (Å²) in [5.74, 6) is 0.940. The lowest BCUT2D eigenvalue weighted by molar-refractivity contribution is 0.306. The van der Waals surface area contributed by atoms with Gasteiger partial charge in [-0.25, -0.2) is 0 Å². The molecule has 0 heterocycles. The minimum atomic E-state index is 0.625. The molecule has 2 heteroatoms. The molecule has 1 saturated carbocycles. The molecule has 0 aromatic heterocycles. The molecule has 1 aliphatic rings. The van der Waals surface area contributed by atoms with E-state index >= 15 is 0 Å². The first-order valence-electron chi connectivity index (χ1n) is 9.80. The van der Waals surface area contributed by atoms with Crippen molar-refractivity contribution < 1.29 is 4.74 Å². The Bertz CT molecular complexity index is 610. The number of aryl methyl sites for hydroxylation is 1. The summed E-state index contributed by atoms with van der Waals surface area (Å²) in [6.07, 6.45) is 9.66. The van der Waals surface area contributed by atoms with Gasteiger partial charge in [-0.3, -0.25) is 0 Å². The largest absolute Gasteiger partial charge is 0.489 e. The summed E-state index contributed by atoms with van der Waals surface area (Å²) in [5.41, 5.74) is 3.83. The molecule has 1 N–H and O–H groups in total. The standard InChI is InChI=1S/C23H31NO/c1-19-9-11-21(12-10-19)18-25-23-15-13-20(14-16-23)17-24-22-7-5-3-2-4-6-8-22/h9-16,22,24H,2-8,17-18H2,1H3. The Morgan fingerprint density at radius 1 is 0.800 bits per heavy atom. The maximum atomic E-state index is 5.89. The second kappa shape index (κ2) is 9.62. The summed E-state index contributed by atoms with van der Waals surface area (Å²) >= 11 is 0. The van der Waals surface area contributed by atoms with Crippen molar-refractivity contribution in [3.8, 4) is 5.75 Å². The zero-order valence-electron chi connectivity index (χ0n) is 15.5. The molecule has 3 rings (SSSR count). The van der Waals surface area contributed by atoms with Crippen molar-refractivity contribution >= 4 is 0 Å². The molecule has 0 spiro atoms. The van der Waals surface area contributed by atoms with Crippen LogP contribution in [0.1, 0.15) is 61.6 Å². The number of nitrogens with one attached hydrogen (secondary N) is 1. The summed E-state index contributed by atoms with van der Waals surface area (Å²) in [4.78, 5) is 0. The van der Waals surface area contributed by atoms with Crippen molar-refractivity contribution in [2.45, 2.75) is 71.1 Å². The third-order valence-corrected chi connectivity index (χ3v) is 5.15. The number of hydrogen-bond donors (Lipinski definition) is 1. The monoisotopic (exact) mass is 337 g/mol. The number of hydrogen-bond acceptors (Lipinski definition) is 2. The van der Waals surface area contributed by atoms with Gasteiger partial charge in [0.05, 0.1) is 0 Å². The second-order valence-electron chi connectivity index (χ2n) is 7.34. The van der Waals surface area contributed by atoms with Crippen molar-refractivity contribution in [2.75, 3.05) is 0 Å². The fourth-order valence-electron chi connectivity index (χ4n) is 3.48. The molecule has 0 amide bonds. The van der Waals surface area contributed by atoms with Gasteiger partial charge in [-0.05, 0) is 43.0 Å². The fraction of sp³-hybridized carbons (Fsp3) is 0.478. The lowest BCUT2D eigenvalue weighted by atomic mass is 9.96. The highest BCUT2D eigenvalue weighted by Gasteiger charge is 2.10. The van der Waals surface area contributed by atoms with E-state index < -0.39 is 0 Å². The smallest absolute Gasteiger partial charge is 0.119 e. The Balaban J connectivity index is 1.44. The summed E-state index contributed by atoms with van der Waals surface area (Å²) in [6.45, 7) is 3.69. The van der Waals surface area contributed by atoms with Gasteiger partial charge in [-0.2, -0.15) is 0 Å². The van der Waals surface area contributed by atoms with Crippen LogP contribution in [-0.2, 0) is 13.2 Å². The van der Waals surface area contributed by atoms with E-state index in [1.807, 2.05) is 0 Å². The van der Waals surface area contributed by atoms with Gasteiger partial charge < -0.3 is 10.1 Å². The van der Waals surface area contributed by atoms with E-state index in [9.17, 15) is 0 Å². The maximum Gasteiger partial charge on any atom is 0.119 e. The molecule has 2 aromatic carbocycles. The van der Waals surface area contributed by atoms with E-state index in [0.29, 0.717) is 12.6 Å². The van der Waals surface area contributed by atoms with Crippen LogP contribution in [0.2, 0.25) is 0 Å². The van der Waals surface area contributed by atoms with Gasteiger partial charge in [0.15, 0.2) is 0 Å². The number of rotatable bonds is 6. The highest BCUT2D eigenvalue weighted by molar-refractivity contribution is 5.28. The first kappa shape index (κ1) is 18.0. The van der Waals surface area contributed by atoms with Crippen molar-refractivity contribution in [3.63, 3.8) is 0 Å². The van der Waals surface area contributed by atoms with Crippen LogP contribution in [0.15, 0.2) is 48.5 Å². The van der Waals surface area contributed by atoms with E-state index in [-0.39, 0.29) is 0 Å². The molecular formula is C23H31NO. The van der Waals surface area contributed by atoms with Crippen LogP contribution in [0.25, 0.3) is 0 Å². The fourth-order valence-corrected chi connectivity index (χ4v) is 3.48. The van der Waals surface area contributed by atoms with E-state index in [1.54, 1.807) is 0 Å². The Hall–Kier alpha value is -1.80. The molecule has 0 radical (unpaired) electrons. The minimum absolute atomic E-state index is 0.625. The zero-order chi connectivity index (χ0) is 17.3. The Morgan fingerprint density at radius 2 is 1.40 bits per heavy atom. The highest BCUT2D eigenvalue weighted by atomic mass is 16.5. The van der Waals surface area contributed by atoms with Crippen molar-refractivity contribution in [1.82, 2.24) is 5.32 Å². The summed E-state index contributed by atoms with van der Waals surface area (Å²) in [6, 6.07) is 17.7. The van der Waals surface area contributed by atoms with Crippen molar-refractivity contribution in [3.05, 3.63) is 65.2 Å². The molecule has 0 saturated heterocycles. The Labute approximate surface area is 152 Å². The molecule has 0 aliphatic heterocycles. The van der Waals surface area contributed by atoms with E-state index in [1.165, 1.54) is 61.6 Å². The van der Waals surface area contributed by atoms with Crippen LogP contribution in [-0.4, -0.2) is 6.04 Å². The normalized spacial score (nSPS) is 16.2. The zero-order valence-corrected chi connectivity index (χ0v) is 15.5. The molecule has 0 bridgehead atoms. The van der Waals surface area contributed by atoms with Crippen molar-refractivity contribution in [1.29, 1.82) is 0 Å². The molecule has 0 atom stereocenters. The van der Waals surface area contributed by atoms with Crippen LogP contribution in [0.4, 0.5) is 0 Å². The second-order valence-corrected chi connectivity index (χ2v) is 7.34. The third-order valence-electron chi connectivity index (χ3n) is 5.15. The quantitative estimate of drug-likeness (QED) is 0.722. The van der Waals surface area contributed by atoms with E-state index in [4.69, 9.17) is 4.74 Å². The number of ether oxygens (including phenoxy) is 1. The van der Waals surface area contributed by atoms with Crippen LogP contribution in [0.5, 0.6) is 5.75 Å². The molecule has 2 nitrogen and oxygen atoms in total. The van der Waals surface area contributed by atoms with Gasteiger partial charge in [0.25, 0.3) is 0 Å². The first-order chi connectivity index (χ1) is 12.3. The molecule has 25 heavy (non-hydrogen) atoms. The summed E-state index contributed by atoms with van der Waals surface area (Å²) in [7, 11) is 0. The molecule has 134 valence electrons. The van der Waals surface area contributed by atoms with Crippen molar-refractivity contribution in [2.24, 2.45) is 0 Å². The van der Waals surface area contributed by atoms with E-state index in [0.717, 1.165) is 12.3 Å². The maximum absolute atomic E-state index is 5.89. The van der Waals surface area contributed by atoms with E-state index in [2.05, 4.69) is 60.8 Å². The number of benzene rings is 2. The van der Waals surface area contributed by atoms with Crippen LogP contribution in [0.3, 0.4) is 0 Å². The molecule has 2 aromatic rings. The summed E-state index contributed by atoms with van der Waals surface area (Å²) < 4.78 is 5.89. The summed E-state index contributed by atoms with van der Waals surface area (Å²) in [5, 5.41) is 3.75. The Kier molecular flexibility index (Phi) is 6.93. The van der Waals surface area contributed by atoms with Crippen LogP contribution < -0.4 is 10.1 Å². The van der Waals surface area contributed by atoms with Crippen LogP contribution >= 0.6 is 0 Å². The van der Waals surface area contributed by atoms with Gasteiger partial charge in [0.2, 0.25) is 0 Å². The third kappa shape index (κ3) is 6.21. The molecular weight excluding hydrogens is 306 g/mol. The minimum Gasteiger partial charge on any atom is -0.489 e. The molecule has 1 aliphatic carbocycles. The molecule has 0 unspecified atom stereocenters. The average molecular weight is 338 g/mol. The van der Waals surface area contributed by atoms with Gasteiger partial charge in [-0.1, -0.05) is 74.1 Å².